The third-order valence-corrected chi connectivity index (χ3v) is 4.35. The topological polar surface area (TPSA) is 30.9 Å². The zero-order valence-corrected chi connectivity index (χ0v) is 17.9. The van der Waals surface area contributed by atoms with E-state index in [0.29, 0.717) is 0 Å². The van der Waals surface area contributed by atoms with Gasteiger partial charge in [0.2, 0.25) is 0 Å². The number of rotatable bonds is 5. The largest absolute Gasteiger partial charge is 0.357 e. The summed E-state index contributed by atoms with van der Waals surface area (Å²) in [6.07, 6.45) is 2.54. The Morgan fingerprint density at radius 1 is 1.17 bits per heavy atom. The van der Waals surface area contributed by atoms with Crippen LogP contribution in [0.3, 0.4) is 0 Å². The maximum atomic E-state index is 4.84. The molecule has 0 amide bonds. The van der Waals surface area contributed by atoms with Crippen molar-refractivity contribution in [1.82, 2.24) is 15.1 Å². The molecular formula is C19H33IN4. The first-order valence-corrected chi connectivity index (χ1v) is 8.84. The van der Waals surface area contributed by atoms with E-state index in [1.54, 1.807) is 0 Å². The minimum atomic E-state index is 0. The van der Waals surface area contributed by atoms with Crippen LogP contribution in [-0.4, -0.2) is 49.5 Å². The first-order valence-electron chi connectivity index (χ1n) is 8.84. The number of guanidine groups is 1. The Bertz CT molecular complexity index is 491. The lowest BCUT2D eigenvalue weighted by molar-refractivity contribution is 0.273. The van der Waals surface area contributed by atoms with Gasteiger partial charge < -0.3 is 15.1 Å². The highest BCUT2D eigenvalue weighted by Gasteiger charge is 2.18. The number of likely N-dealkylation sites (tertiary alicyclic amines) is 1. The van der Waals surface area contributed by atoms with Crippen molar-refractivity contribution in [1.29, 1.82) is 0 Å². The summed E-state index contributed by atoms with van der Waals surface area (Å²) in [5, 5.41) is 3.44. The summed E-state index contributed by atoms with van der Waals surface area (Å²) in [4.78, 5) is 9.44. The lowest BCUT2D eigenvalue weighted by atomic mass is 10.00. The normalized spacial score (nSPS) is 16.2. The van der Waals surface area contributed by atoms with Gasteiger partial charge in [-0.1, -0.05) is 31.2 Å². The number of hydrogen-bond donors (Lipinski definition) is 1. The Balaban J connectivity index is 0.00000288. The number of piperidine rings is 1. The lowest BCUT2D eigenvalue weighted by Gasteiger charge is -2.33. The number of nitrogens with one attached hydrogen (secondary N) is 1. The predicted molar refractivity (Wildman–Crippen MR) is 114 cm³/mol. The molecule has 2 rings (SSSR count). The quantitative estimate of drug-likeness (QED) is 0.428. The van der Waals surface area contributed by atoms with Gasteiger partial charge in [0.1, 0.15) is 0 Å². The standard InChI is InChI=1S/C19H32N4.HI/c1-5-20-19(23-12-10-16(2)11-13-23)21-14-17-6-8-18(9-7-17)15-22(3)4;/h6-9,16H,5,10-15H2,1-4H3,(H,20,21);1H. The molecule has 1 fully saturated rings. The number of nitrogens with zero attached hydrogens (tertiary/aromatic N) is 3. The van der Waals surface area contributed by atoms with Crippen LogP contribution in [0.25, 0.3) is 0 Å². The van der Waals surface area contributed by atoms with Crippen LogP contribution in [-0.2, 0) is 13.1 Å². The van der Waals surface area contributed by atoms with E-state index in [4.69, 9.17) is 4.99 Å². The molecule has 1 aromatic rings. The summed E-state index contributed by atoms with van der Waals surface area (Å²) in [5.74, 6) is 1.91. The van der Waals surface area contributed by atoms with Gasteiger partial charge in [0.05, 0.1) is 6.54 Å². The fourth-order valence-corrected chi connectivity index (χ4v) is 2.93. The molecule has 0 aromatic heterocycles. The van der Waals surface area contributed by atoms with E-state index >= 15 is 0 Å². The van der Waals surface area contributed by atoms with Gasteiger partial charge in [-0.3, -0.25) is 0 Å². The third-order valence-electron chi connectivity index (χ3n) is 4.35. The molecule has 1 N–H and O–H groups in total. The van der Waals surface area contributed by atoms with Gasteiger partial charge in [-0.15, -0.1) is 24.0 Å². The SMILES string of the molecule is CCNC(=NCc1ccc(CN(C)C)cc1)N1CCC(C)CC1.I. The van der Waals surface area contributed by atoms with E-state index in [9.17, 15) is 0 Å². The minimum Gasteiger partial charge on any atom is -0.357 e. The van der Waals surface area contributed by atoms with E-state index in [0.717, 1.165) is 44.6 Å². The number of hydrogen-bond acceptors (Lipinski definition) is 2. The maximum absolute atomic E-state index is 4.84. The third kappa shape index (κ3) is 6.97. The number of halogens is 1. The van der Waals surface area contributed by atoms with Crippen molar-refractivity contribution in [2.24, 2.45) is 10.9 Å². The zero-order chi connectivity index (χ0) is 16.7. The smallest absolute Gasteiger partial charge is 0.194 e. The molecule has 24 heavy (non-hydrogen) atoms. The predicted octanol–water partition coefficient (Wildman–Crippen LogP) is 3.56. The van der Waals surface area contributed by atoms with Crippen LogP contribution in [0.2, 0.25) is 0 Å². The van der Waals surface area contributed by atoms with Gasteiger partial charge in [-0.2, -0.15) is 0 Å². The summed E-state index contributed by atoms with van der Waals surface area (Å²) < 4.78 is 0. The molecule has 0 spiro atoms. The van der Waals surface area contributed by atoms with Gasteiger partial charge in [0.25, 0.3) is 0 Å². The van der Waals surface area contributed by atoms with E-state index in [2.05, 4.69) is 67.3 Å². The Labute approximate surface area is 164 Å². The van der Waals surface area contributed by atoms with Crippen LogP contribution in [0.15, 0.2) is 29.3 Å². The molecule has 0 bridgehead atoms. The fourth-order valence-electron chi connectivity index (χ4n) is 2.93. The first-order chi connectivity index (χ1) is 11.1. The van der Waals surface area contributed by atoms with Crippen LogP contribution in [0.5, 0.6) is 0 Å². The Morgan fingerprint density at radius 3 is 2.29 bits per heavy atom. The van der Waals surface area contributed by atoms with Gasteiger partial charge in [0, 0.05) is 26.2 Å². The van der Waals surface area contributed by atoms with Crippen molar-refractivity contribution >= 4 is 29.9 Å². The molecular weight excluding hydrogens is 411 g/mol. The molecule has 1 saturated heterocycles. The van der Waals surface area contributed by atoms with Gasteiger partial charge >= 0.3 is 0 Å². The fraction of sp³-hybridized carbons (Fsp3) is 0.632. The highest BCUT2D eigenvalue weighted by molar-refractivity contribution is 14.0. The second kappa shape index (κ2) is 10.9. The van der Waals surface area contributed by atoms with E-state index in [1.807, 2.05) is 0 Å². The Kier molecular flexibility index (Phi) is 9.66. The van der Waals surface area contributed by atoms with Crippen LogP contribution in [0, 0.1) is 5.92 Å². The van der Waals surface area contributed by atoms with E-state index in [1.165, 1.54) is 24.0 Å². The molecule has 0 unspecified atom stereocenters. The molecule has 5 heteroatoms. The summed E-state index contributed by atoms with van der Waals surface area (Å²) in [7, 11) is 4.20. The van der Waals surface area contributed by atoms with Gasteiger partial charge in [-0.25, -0.2) is 4.99 Å². The number of benzene rings is 1. The summed E-state index contributed by atoms with van der Waals surface area (Å²) >= 11 is 0. The van der Waals surface area contributed by atoms with Crippen LogP contribution < -0.4 is 5.32 Å². The Morgan fingerprint density at radius 2 is 1.75 bits per heavy atom. The molecule has 4 nitrogen and oxygen atoms in total. The van der Waals surface area contributed by atoms with E-state index < -0.39 is 0 Å². The molecule has 1 aromatic carbocycles. The lowest BCUT2D eigenvalue weighted by Crippen LogP contribution is -2.45. The van der Waals surface area contributed by atoms with Crippen molar-refractivity contribution in [2.75, 3.05) is 33.7 Å². The van der Waals surface area contributed by atoms with Crippen molar-refractivity contribution in [3.63, 3.8) is 0 Å². The molecule has 1 aliphatic heterocycles. The van der Waals surface area contributed by atoms with E-state index in [-0.39, 0.29) is 24.0 Å². The van der Waals surface area contributed by atoms with Crippen LogP contribution >= 0.6 is 24.0 Å². The molecule has 136 valence electrons. The van der Waals surface area contributed by atoms with Crippen molar-refractivity contribution in [3.05, 3.63) is 35.4 Å². The molecule has 0 saturated carbocycles. The molecule has 1 heterocycles. The van der Waals surface area contributed by atoms with Crippen molar-refractivity contribution in [3.8, 4) is 0 Å². The summed E-state index contributed by atoms with van der Waals surface area (Å²) in [5.41, 5.74) is 2.62. The highest BCUT2D eigenvalue weighted by Crippen LogP contribution is 2.16. The molecule has 0 aliphatic carbocycles. The molecule has 1 aliphatic rings. The second-order valence-electron chi connectivity index (χ2n) is 6.89. The van der Waals surface area contributed by atoms with Crippen LogP contribution in [0.1, 0.15) is 37.8 Å². The van der Waals surface area contributed by atoms with Crippen LogP contribution in [0.4, 0.5) is 0 Å². The Hall–Kier alpha value is -0.820. The summed E-state index contributed by atoms with van der Waals surface area (Å²) in [6.45, 7) is 9.37. The average molecular weight is 444 g/mol. The summed E-state index contributed by atoms with van der Waals surface area (Å²) in [6, 6.07) is 8.81. The molecule has 0 atom stereocenters. The molecule has 0 radical (unpaired) electrons. The van der Waals surface area contributed by atoms with Crippen molar-refractivity contribution in [2.45, 2.75) is 39.8 Å². The zero-order valence-electron chi connectivity index (χ0n) is 15.6. The second-order valence-corrected chi connectivity index (χ2v) is 6.89. The minimum absolute atomic E-state index is 0. The maximum Gasteiger partial charge on any atom is 0.194 e. The number of aliphatic imine (C=N–C) groups is 1. The van der Waals surface area contributed by atoms with Gasteiger partial charge in [-0.05, 0) is 50.9 Å². The highest BCUT2D eigenvalue weighted by atomic mass is 127. The monoisotopic (exact) mass is 444 g/mol. The first kappa shape index (κ1) is 21.2. The average Bonchev–Trinajstić information content (AvgIpc) is 2.53. The van der Waals surface area contributed by atoms with Crippen molar-refractivity contribution < 1.29 is 0 Å². The van der Waals surface area contributed by atoms with Gasteiger partial charge in [0.15, 0.2) is 5.96 Å².